The van der Waals surface area contributed by atoms with E-state index in [0.717, 1.165) is 33.6 Å². The van der Waals surface area contributed by atoms with E-state index in [2.05, 4.69) is 21.0 Å². The second-order valence-corrected chi connectivity index (χ2v) is 5.48. The van der Waals surface area contributed by atoms with Crippen LogP contribution in [0.2, 0.25) is 0 Å². The second kappa shape index (κ2) is 5.85. The highest BCUT2D eigenvalue weighted by Crippen LogP contribution is 2.33. The van der Waals surface area contributed by atoms with Gasteiger partial charge >= 0.3 is 0 Å². The summed E-state index contributed by atoms with van der Waals surface area (Å²) in [4.78, 5) is 13.2. The highest BCUT2D eigenvalue weighted by molar-refractivity contribution is 5.88. The van der Waals surface area contributed by atoms with Gasteiger partial charge in [-0.1, -0.05) is 6.07 Å². The molecule has 118 valence electrons. The summed E-state index contributed by atoms with van der Waals surface area (Å²) < 4.78 is 18.8. The Hall–Kier alpha value is -3.08. The molecule has 1 aliphatic heterocycles. The Morgan fingerprint density at radius 3 is 2.88 bits per heavy atom. The summed E-state index contributed by atoms with van der Waals surface area (Å²) in [5, 5.41) is 0. The van der Waals surface area contributed by atoms with Crippen LogP contribution in [0.1, 0.15) is 11.3 Å². The first-order valence-electron chi connectivity index (χ1n) is 7.54. The third-order valence-electron chi connectivity index (χ3n) is 4.02. The van der Waals surface area contributed by atoms with E-state index in [9.17, 15) is 4.39 Å². The van der Waals surface area contributed by atoms with E-state index in [1.807, 2.05) is 24.5 Å². The molecule has 1 aliphatic rings. The van der Waals surface area contributed by atoms with E-state index >= 15 is 0 Å². The van der Waals surface area contributed by atoms with Gasteiger partial charge in [-0.05, 0) is 30.3 Å². The number of pyridine rings is 2. The highest BCUT2D eigenvalue weighted by atomic mass is 19.1. The van der Waals surface area contributed by atoms with Crippen molar-refractivity contribution in [1.82, 2.24) is 9.97 Å². The van der Waals surface area contributed by atoms with Gasteiger partial charge in [0.2, 0.25) is 0 Å². The van der Waals surface area contributed by atoms with Crippen LogP contribution in [0.5, 0.6) is 5.75 Å². The SMILES string of the molecule is COc1cc(-c2ncccc2-c2cnc3c(c2)C=NC3)ccc1F. The first-order chi connectivity index (χ1) is 11.8. The smallest absolute Gasteiger partial charge is 0.165 e. The number of hydrogen-bond donors (Lipinski definition) is 0. The zero-order chi connectivity index (χ0) is 16.5. The Kier molecular flexibility index (Phi) is 3.54. The first-order valence-corrected chi connectivity index (χ1v) is 7.54. The van der Waals surface area contributed by atoms with Crippen LogP contribution in [0.15, 0.2) is 53.8 Å². The third-order valence-corrected chi connectivity index (χ3v) is 4.02. The van der Waals surface area contributed by atoms with Gasteiger partial charge in [0, 0.05) is 40.9 Å². The summed E-state index contributed by atoms with van der Waals surface area (Å²) in [5.74, 6) is -0.197. The summed E-state index contributed by atoms with van der Waals surface area (Å²) >= 11 is 0. The topological polar surface area (TPSA) is 47.4 Å². The van der Waals surface area contributed by atoms with Crippen molar-refractivity contribution in [3.05, 3.63) is 65.9 Å². The van der Waals surface area contributed by atoms with Gasteiger partial charge in [-0.3, -0.25) is 15.0 Å². The van der Waals surface area contributed by atoms with Crippen LogP contribution in [0.3, 0.4) is 0 Å². The zero-order valence-corrected chi connectivity index (χ0v) is 13.0. The van der Waals surface area contributed by atoms with Crippen molar-refractivity contribution in [3.63, 3.8) is 0 Å². The van der Waals surface area contributed by atoms with Crippen LogP contribution >= 0.6 is 0 Å². The Bertz CT molecular complexity index is 953. The van der Waals surface area contributed by atoms with E-state index in [0.29, 0.717) is 6.54 Å². The van der Waals surface area contributed by atoms with Crippen molar-refractivity contribution in [2.24, 2.45) is 4.99 Å². The molecule has 0 unspecified atom stereocenters. The Morgan fingerprint density at radius 1 is 1.08 bits per heavy atom. The van der Waals surface area contributed by atoms with E-state index < -0.39 is 5.82 Å². The fourth-order valence-corrected chi connectivity index (χ4v) is 2.81. The lowest BCUT2D eigenvalue weighted by atomic mass is 9.99. The number of aromatic nitrogens is 2. The van der Waals surface area contributed by atoms with E-state index in [1.165, 1.54) is 13.2 Å². The number of nitrogens with zero attached hydrogens (tertiary/aromatic N) is 3. The molecule has 2 aromatic heterocycles. The van der Waals surface area contributed by atoms with Gasteiger partial charge in [-0.25, -0.2) is 4.39 Å². The average Bonchev–Trinajstić information content (AvgIpc) is 3.10. The molecule has 4 nitrogen and oxygen atoms in total. The van der Waals surface area contributed by atoms with Crippen LogP contribution in [0.25, 0.3) is 22.4 Å². The zero-order valence-electron chi connectivity index (χ0n) is 13.0. The molecule has 24 heavy (non-hydrogen) atoms. The van der Waals surface area contributed by atoms with Crippen LogP contribution in [-0.2, 0) is 6.54 Å². The molecule has 0 amide bonds. The van der Waals surface area contributed by atoms with Crippen molar-refractivity contribution in [2.75, 3.05) is 7.11 Å². The van der Waals surface area contributed by atoms with Crippen molar-refractivity contribution < 1.29 is 9.13 Å². The first kappa shape index (κ1) is 14.5. The van der Waals surface area contributed by atoms with Gasteiger partial charge in [0.1, 0.15) is 0 Å². The predicted octanol–water partition coefficient (Wildman–Crippen LogP) is 3.89. The lowest BCUT2D eigenvalue weighted by Gasteiger charge is -2.11. The molecule has 1 aromatic carbocycles. The van der Waals surface area contributed by atoms with Gasteiger partial charge < -0.3 is 4.74 Å². The quantitative estimate of drug-likeness (QED) is 0.736. The average molecular weight is 319 g/mol. The monoisotopic (exact) mass is 319 g/mol. The standard InChI is InChI=1S/C19H14FN3O/c1-24-18-8-12(4-5-16(18)20)19-15(3-2-6-22-19)13-7-14-9-21-11-17(14)23-10-13/h2-10H,11H2,1H3. The van der Waals surface area contributed by atoms with Crippen LogP contribution in [0, 0.1) is 5.82 Å². The maximum atomic E-state index is 13.7. The Balaban J connectivity index is 1.85. The summed E-state index contributed by atoms with van der Waals surface area (Å²) in [6, 6.07) is 10.7. The molecule has 0 fully saturated rings. The molecule has 0 saturated heterocycles. The van der Waals surface area contributed by atoms with Gasteiger partial charge in [-0.2, -0.15) is 0 Å². The largest absolute Gasteiger partial charge is 0.494 e. The molecule has 0 atom stereocenters. The minimum atomic E-state index is -0.394. The van der Waals surface area contributed by atoms with E-state index in [-0.39, 0.29) is 5.75 Å². The Labute approximate surface area is 138 Å². The summed E-state index contributed by atoms with van der Waals surface area (Å²) in [7, 11) is 1.45. The van der Waals surface area contributed by atoms with Crippen LogP contribution < -0.4 is 4.74 Å². The van der Waals surface area contributed by atoms with E-state index in [1.54, 1.807) is 18.3 Å². The number of fused-ring (bicyclic) bond motifs is 1. The van der Waals surface area contributed by atoms with Crippen molar-refractivity contribution in [2.45, 2.75) is 6.54 Å². The second-order valence-electron chi connectivity index (χ2n) is 5.48. The van der Waals surface area contributed by atoms with Gasteiger partial charge in [0.05, 0.1) is 25.0 Å². The number of rotatable bonds is 3. The van der Waals surface area contributed by atoms with Crippen molar-refractivity contribution in [3.8, 4) is 28.1 Å². The molecule has 0 aliphatic carbocycles. The normalized spacial score (nSPS) is 12.2. The molecule has 3 heterocycles. The van der Waals surface area contributed by atoms with Gasteiger partial charge in [-0.15, -0.1) is 0 Å². The third kappa shape index (κ3) is 2.44. The molecule has 0 radical (unpaired) electrons. The predicted molar refractivity (Wildman–Crippen MR) is 90.7 cm³/mol. The molecule has 0 spiro atoms. The summed E-state index contributed by atoms with van der Waals surface area (Å²) in [6.07, 6.45) is 5.38. The maximum absolute atomic E-state index is 13.7. The maximum Gasteiger partial charge on any atom is 0.165 e. The summed E-state index contributed by atoms with van der Waals surface area (Å²) in [5.41, 5.74) is 5.44. The number of hydrogen-bond acceptors (Lipinski definition) is 4. The van der Waals surface area contributed by atoms with Crippen LogP contribution in [-0.4, -0.2) is 23.3 Å². The molecule has 5 heteroatoms. The number of aliphatic imine (C=N–C) groups is 1. The minimum absolute atomic E-state index is 0.198. The number of ether oxygens (including phenoxy) is 1. The summed E-state index contributed by atoms with van der Waals surface area (Å²) in [6.45, 7) is 0.630. The molecule has 0 saturated carbocycles. The van der Waals surface area contributed by atoms with E-state index in [4.69, 9.17) is 4.74 Å². The molecule has 0 N–H and O–H groups in total. The molecule has 0 bridgehead atoms. The van der Waals surface area contributed by atoms with Crippen LogP contribution in [0.4, 0.5) is 4.39 Å². The Morgan fingerprint density at radius 2 is 2.00 bits per heavy atom. The fourth-order valence-electron chi connectivity index (χ4n) is 2.81. The van der Waals surface area contributed by atoms with Gasteiger partial charge in [0.25, 0.3) is 0 Å². The lowest BCUT2D eigenvalue weighted by molar-refractivity contribution is 0.387. The van der Waals surface area contributed by atoms with Crippen molar-refractivity contribution in [1.29, 1.82) is 0 Å². The molecule has 3 aromatic rings. The van der Waals surface area contributed by atoms with Crippen molar-refractivity contribution >= 4 is 6.21 Å². The minimum Gasteiger partial charge on any atom is -0.494 e. The molecule has 4 rings (SSSR count). The van der Waals surface area contributed by atoms with Gasteiger partial charge in [0.15, 0.2) is 11.6 Å². The number of methoxy groups -OCH3 is 1. The molecular formula is C19H14FN3O. The molecular weight excluding hydrogens is 305 g/mol. The lowest BCUT2D eigenvalue weighted by Crippen LogP contribution is -1.95. The number of benzene rings is 1. The number of halogens is 1. The highest BCUT2D eigenvalue weighted by Gasteiger charge is 2.14. The fraction of sp³-hybridized carbons (Fsp3) is 0.105.